The standard InChI is InChI=1S/C18H20N4O4/c1-21-9-8-14(17(21)24)20-16(23)12-6-4-11(5-7-12)13-10-19-22(2)15(13)18(25)26-3/h4-7,10,14H,8-9H2,1-3H3,(H,20,23)/t14-/m1/s1. The number of likely N-dealkylation sites (tertiary alicyclic amines) is 1. The molecule has 2 heterocycles. The van der Waals surface area contributed by atoms with Crippen molar-refractivity contribution >= 4 is 17.8 Å². The maximum Gasteiger partial charge on any atom is 0.356 e. The molecule has 0 bridgehead atoms. The lowest BCUT2D eigenvalue weighted by atomic mass is 10.0. The molecule has 1 fully saturated rings. The Bertz CT molecular complexity index is 857. The summed E-state index contributed by atoms with van der Waals surface area (Å²) in [5, 5.41) is 6.85. The summed E-state index contributed by atoms with van der Waals surface area (Å²) in [6, 6.07) is 6.31. The van der Waals surface area contributed by atoms with Gasteiger partial charge >= 0.3 is 5.97 Å². The van der Waals surface area contributed by atoms with Crippen LogP contribution in [0.1, 0.15) is 27.3 Å². The number of carbonyl (C=O) groups is 3. The Morgan fingerprint density at radius 3 is 2.50 bits per heavy atom. The van der Waals surface area contributed by atoms with E-state index in [2.05, 4.69) is 10.4 Å². The third-order valence-electron chi connectivity index (χ3n) is 4.51. The number of rotatable bonds is 4. The van der Waals surface area contributed by atoms with E-state index in [0.717, 1.165) is 5.56 Å². The van der Waals surface area contributed by atoms with E-state index in [1.165, 1.54) is 11.8 Å². The topological polar surface area (TPSA) is 93.5 Å². The summed E-state index contributed by atoms with van der Waals surface area (Å²) in [7, 11) is 4.69. The highest BCUT2D eigenvalue weighted by atomic mass is 16.5. The van der Waals surface area contributed by atoms with Crippen LogP contribution in [0.3, 0.4) is 0 Å². The minimum Gasteiger partial charge on any atom is -0.464 e. The van der Waals surface area contributed by atoms with Crippen LogP contribution in [-0.2, 0) is 16.6 Å². The van der Waals surface area contributed by atoms with E-state index in [0.29, 0.717) is 29.8 Å². The number of nitrogens with zero attached hydrogens (tertiary/aromatic N) is 3. The van der Waals surface area contributed by atoms with Crippen LogP contribution in [0, 0.1) is 0 Å². The first-order valence-electron chi connectivity index (χ1n) is 8.19. The van der Waals surface area contributed by atoms with Crippen molar-refractivity contribution in [1.82, 2.24) is 20.0 Å². The van der Waals surface area contributed by atoms with Gasteiger partial charge in [-0.2, -0.15) is 5.10 Å². The molecule has 1 saturated heterocycles. The number of amides is 2. The summed E-state index contributed by atoms with van der Waals surface area (Å²) in [5.41, 5.74) is 2.15. The molecule has 1 aromatic heterocycles. The van der Waals surface area contributed by atoms with Crippen molar-refractivity contribution in [2.24, 2.45) is 7.05 Å². The fourth-order valence-electron chi connectivity index (χ4n) is 2.99. The molecular formula is C18H20N4O4. The number of benzene rings is 1. The number of aromatic nitrogens is 2. The van der Waals surface area contributed by atoms with Gasteiger partial charge in [0.05, 0.1) is 13.3 Å². The van der Waals surface area contributed by atoms with Gasteiger partial charge < -0.3 is 15.0 Å². The number of carbonyl (C=O) groups excluding carboxylic acids is 3. The first kappa shape index (κ1) is 17.7. The highest BCUT2D eigenvalue weighted by Crippen LogP contribution is 2.24. The van der Waals surface area contributed by atoms with Gasteiger partial charge in [0.1, 0.15) is 6.04 Å². The lowest BCUT2D eigenvalue weighted by Gasteiger charge is -2.12. The Morgan fingerprint density at radius 1 is 1.23 bits per heavy atom. The summed E-state index contributed by atoms with van der Waals surface area (Å²) in [6.45, 7) is 0.639. The average molecular weight is 356 g/mol. The number of esters is 1. The fraction of sp³-hybridized carbons (Fsp3) is 0.333. The molecule has 1 aliphatic rings. The zero-order valence-electron chi connectivity index (χ0n) is 14.9. The smallest absolute Gasteiger partial charge is 0.356 e. The second kappa shape index (κ2) is 6.99. The molecule has 8 heteroatoms. The SMILES string of the molecule is COC(=O)c1c(-c2ccc(C(=O)N[C@@H]3CCN(C)C3=O)cc2)cnn1C. The maximum atomic E-state index is 12.4. The summed E-state index contributed by atoms with van der Waals surface area (Å²) >= 11 is 0. The van der Waals surface area contributed by atoms with Gasteiger partial charge in [0, 0.05) is 31.8 Å². The van der Waals surface area contributed by atoms with Gasteiger partial charge in [0.25, 0.3) is 5.91 Å². The Balaban J connectivity index is 1.78. The van der Waals surface area contributed by atoms with Crippen molar-refractivity contribution < 1.29 is 19.1 Å². The fourth-order valence-corrected chi connectivity index (χ4v) is 2.99. The molecule has 1 atom stereocenters. The zero-order chi connectivity index (χ0) is 18.8. The molecule has 8 nitrogen and oxygen atoms in total. The van der Waals surface area contributed by atoms with Crippen molar-refractivity contribution in [3.8, 4) is 11.1 Å². The maximum absolute atomic E-state index is 12.4. The van der Waals surface area contributed by atoms with E-state index < -0.39 is 12.0 Å². The molecule has 2 aromatic rings. The van der Waals surface area contributed by atoms with Crippen LogP contribution in [0.5, 0.6) is 0 Å². The zero-order valence-corrected chi connectivity index (χ0v) is 14.9. The molecule has 136 valence electrons. The molecule has 2 amide bonds. The molecule has 1 aliphatic heterocycles. The van der Waals surface area contributed by atoms with Crippen molar-refractivity contribution in [3.05, 3.63) is 41.7 Å². The molecule has 0 aliphatic carbocycles. The number of ether oxygens (including phenoxy) is 1. The molecule has 0 unspecified atom stereocenters. The normalized spacial score (nSPS) is 16.7. The summed E-state index contributed by atoms with van der Waals surface area (Å²) < 4.78 is 6.24. The minimum absolute atomic E-state index is 0.0759. The molecule has 0 spiro atoms. The predicted octanol–water partition coefficient (Wildman–Crippen LogP) is 0.834. The quantitative estimate of drug-likeness (QED) is 0.819. The van der Waals surface area contributed by atoms with Crippen LogP contribution in [-0.4, -0.2) is 59.2 Å². The van der Waals surface area contributed by atoms with E-state index >= 15 is 0 Å². The lowest BCUT2D eigenvalue weighted by Crippen LogP contribution is -2.40. The van der Waals surface area contributed by atoms with Crippen LogP contribution in [0.15, 0.2) is 30.5 Å². The Kier molecular flexibility index (Phi) is 4.75. The van der Waals surface area contributed by atoms with Gasteiger partial charge in [-0.15, -0.1) is 0 Å². The molecule has 0 radical (unpaired) electrons. The Labute approximate surface area is 150 Å². The van der Waals surface area contributed by atoms with Crippen molar-refractivity contribution in [3.63, 3.8) is 0 Å². The van der Waals surface area contributed by atoms with Crippen molar-refractivity contribution in [1.29, 1.82) is 0 Å². The van der Waals surface area contributed by atoms with Gasteiger partial charge in [-0.05, 0) is 24.1 Å². The number of likely N-dealkylation sites (N-methyl/N-ethyl adjacent to an activating group) is 1. The molecule has 3 rings (SSSR count). The average Bonchev–Trinajstić information content (AvgIpc) is 3.18. The first-order chi connectivity index (χ1) is 12.4. The largest absolute Gasteiger partial charge is 0.464 e. The third-order valence-corrected chi connectivity index (χ3v) is 4.51. The van der Waals surface area contributed by atoms with E-state index in [1.54, 1.807) is 49.5 Å². The van der Waals surface area contributed by atoms with Crippen LogP contribution in [0.4, 0.5) is 0 Å². The van der Waals surface area contributed by atoms with Gasteiger partial charge in [0.2, 0.25) is 5.91 Å². The van der Waals surface area contributed by atoms with Gasteiger partial charge in [-0.1, -0.05) is 12.1 Å². The minimum atomic E-state index is -0.481. The first-order valence-corrected chi connectivity index (χ1v) is 8.19. The molecule has 0 saturated carbocycles. The summed E-state index contributed by atoms with van der Waals surface area (Å²) in [4.78, 5) is 37.8. The Morgan fingerprint density at radius 2 is 1.92 bits per heavy atom. The van der Waals surface area contributed by atoms with E-state index in [4.69, 9.17) is 4.74 Å². The van der Waals surface area contributed by atoms with Crippen molar-refractivity contribution in [2.75, 3.05) is 20.7 Å². The monoisotopic (exact) mass is 356 g/mol. The van der Waals surface area contributed by atoms with Crippen LogP contribution in [0.25, 0.3) is 11.1 Å². The highest BCUT2D eigenvalue weighted by Gasteiger charge is 2.30. The second-order valence-electron chi connectivity index (χ2n) is 6.17. The van der Waals surface area contributed by atoms with Crippen LogP contribution < -0.4 is 5.32 Å². The number of aryl methyl sites for hydroxylation is 1. The summed E-state index contributed by atoms with van der Waals surface area (Å²) in [5.74, 6) is -0.858. The Hall–Kier alpha value is -3.16. The molecular weight excluding hydrogens is 336 g/mol. The van der Waals surface area contributed by atoms with E-state index in [9.17, 15) is 14.4 Å². The second-order valence-corrected chi connectivity index (χ2v) is 6.17. The van der Waals surface area contributed by atoms with Gasteiger partial charge in [-0.3, -0.25) is 14.3 Å². The number of nitrogens with one attached hydrogen (secondary N) is 1. The van der Waals surface area contributed by atoms with Crippen LogP contribution >= 0.6 is 0 Å². The van der Waals surface area contributed by atoms with E-state index in [1.807, 2.05) is 0 Å². The number of hydrogen-bond donors (Lipinski definition) is 1. The molecule has 1 aromatic carbocycles. The molecule has 26 heavy (non-hydrogen) atoms. The third kappa shape index (κ3) is 3.17. The van der Waals surface area contributed by atoms with Gasteiger partial charge in [0.15, 0.2) is 5.69 Å². The van der Waals surface area contributed by atoms with Crippen molar-refractivity contribution in [2.45, 2.75) is 12.5 Å². The summed E-state index contributed by atoms with van der Waals surface area (Å²) in [6.07, 6.45) is 2.19. The highest BCUT2D eigenvalue weighted by molar-refractivity contribution is 5.99. The van der Waals surface area contributed by atoms with Crippen LogP contribution in [0.2, 0.25) is 0 Å². The van der Waals surface area contributed by atoms with Gasteiger partial charge in [-0.25, -0.2) is 4.79 Å². The lowest BCUT2D eigenvalue weighted by molar-refractivity contribution is -0.128. The molecule has 1 N–H and O–H groups in total. The number of methoxy groups -OCH3 is 1. The van der Waals surface area contributed by atoms with E-state index in [-0.39, 0.29) is 11.8 Å². The predicted molar refractivity (Wildman–Crippen MR) is 93.5 cm³/mol. The number of hydrogen-bond acceptors (Lipinski definition) is 5.